The molecule has 0 bridgehead atoms. The Morgan fingerprint density at radius 2 is 1.48 bits per heavy atom. The first-order chi connectivity index (χ1) is 11.1. The number of aryl methyl sites for hydroxylation is 2. The first-order valence-electron chi connectivity index (χ1n) is 7.36. The SMILES string of the molecule is CCc1cccc(NC(=S)NNC(=S)Nc2ccc(C)cc2)c1. The molecule has 6 heteroatoms. The van der Waals surface area contributed by atoms with Gasteiger partial charge in [0, 0.05) is 11.4 Å². The van der Waals surface area contributed by atoms with Crippen LogP contribution in [0.3, 0.4) is 0 Å². The van der Waals surface area contributed by atoms with Crippen LogP contribution in [-0.2, 0) is 6.42 Å². The van der Waals surface area contributed by atoms with Gasteiger partial charge >= 0.3 is 0 Å². The number of hydrogen-bond donors (Lipinski definition) is 4. The van der Waals surface area contributed by atoms with Crippen molar-refractivity contribution in [3.63, 3.8) is 0 Å². The molecule has 0 fully saturated rings. The quantitative estimate of drug-likeness (QED) is 0.503. The van der Waals surface area contributed by atoms with Gasteiger partial charge in [-0.15, -0.1) is 0 Å². The second kappa shape index (κ2) is 8.45. The highest BCUT2D eigenvalue weighted by Gasteiger charge is 2.00. The summed E-state index contributed by atoms with van der Waals surface area (Å²) in [6.07, 6.45) is 0.985. The number of hydrogen-bond acceptors (Lipinski definition) is 2. The molecule has 0 atom stereocenters. The fraction of sp³-hybridized carbons (Fsp3) is 0.176. The maximum absolute atomic E-state index is 5.24. The van der Waals surface area contributed by atoms with Crippen LogP contribution in [0.4, 0.5) is 11.4 Å². The molecule has 0 saturated heterocycles. The predicted octanol–water partition coefficient (Wildman–Crippen LogP) is 3.75. The van der Waals surface area contributed by atoms with Crippen molar-refractivity contribution in [2.45, 2.75) is 20.3 Å². The molecule has 4 nitrogen and oxygen atoms in total. The van der Waals surface area contributed by atoms with Gasteiger partial charge in [0.25, 0.3) is 0 Å². The van der Waals surface area contributed by atoms with Gasteiger partial charge in [-0.2, -0.15) is 0 Å². The summed E-state index contributed by atoms with van der Waals surface area (Å²) < 4.78 is 0. The Hall–Kier alpha value is -2.18. The second-order valence-corrected chi connectivity index (χ2v) is 5.89. The number of nitrogens with one attached hydrogen (secondary N) is 4. The van der Waals surface area contributed by atoms with Gasteiger partial charge in [0.05, 0.1) is 0 Å². The van der Waals surface area contributed by atoms with Crippen molar-refractivity contribution in [3.05, 3.63) is 59.7 Å². The van der Waals surface area contributed by atoms with E-state index in [1.807, 2.05) is 43.3 Å². The Morgan fingerprint density at radius 1 is 0.870 bits per heavy atom. The number of anilines is 2. The Balaban J connectivity index is 1.79. The average Bonchev–Trinajstić information content (AvgIpc) is 2.55. The van der Waals surface area contributed by atoms with E-state index in [9.17, 15) is 0 Å². The predicted molar refractivity (Wildman–Crippen MR) is 106 cm³/mol. The first kappa shape index (κ1) is 17.2. The lowest BCUT2D eigenvalue weighted by atomic mass is 10.1. The molecule has 4 N–H and O–H groups in total. The Labute approximate surface area is 147 Å². The van der Waals surface area contributed by atoms with E-state index < -0.39 is 0 Å². The highest BCUT2D eigenvalue weighted by molar-refractivity contribution is 7.81. The smallest absolute Gasteiger partial charge is 0.189 e. The van der Waals surface area contributed by atoms with Gasteiger partial charge < -0.3 is 10.6 Å². The molecular weight excluding hydrogens is 324 g/mol. The highest BCUT2D eigenvalue weighted by atomic mass is 32.1. The Morgan fingerprint density at radius 3 is 2.09 bits per heavy atom. The zero-order valence-electron chi connectivity index (χ0n) is 13.1. The van der Waals surface area contributed by atoms with Gasteiger partial charge in [-0.3, -0.25) is 10.9 Å². The zero-order valence-corrected chi connectivity index (χ0v) is 14.8. The van der Waals surface area contributed by atoms with E-state index in [-0.39, 0.29) is 0 Å². The van der Waals surface area contributed by atoms with Crippen LogP contribution in [-0.4, -0.2) is 10.2 Å². The molecule has 2 rings (SSSR count). The van der Waals surface area contributed by atoms with Gasteiger partial charge in [-0.1, -0.05) is 36.8 Å². The van der Waals surface area contributed by atoms with Crippen molar-refractivity contribution in [2.24, 2.45) is 0 Å². The van der Waals surface area contributed by atoms with E-state index in [1.54, 1.807) is 0 Å². The highest BCUT2D eigenvalue weighted by Crippen LogP contribution is 2.11. The standard InChI is InChI=1S/C17H20N4S2/c1-3-13-5-4-6-15(11-13)19-17(23)21-20-16(22)18-14-9-7-12(2)8-10-14/h4-11H,3H2,1-2H3,(H2,18,20,22)(H2,19,21,23). The van der Waals surface area contributed by atoms with Crippen molar-refractivity contribution in [1.29, 1.82) is 0 Å². The summed E-state index contributed by atoms with van der Waals surface area (Å²) in [7, 11) is 0. The van der Waals surface area contributed by atoms with Crippen LogP contribution >= 0.6 is 24.4 Å². The molecule has 0 heterocycles. The van der Waals surface area contributed by atoms with E-state index in [4.69, 9.17) is 24.4 Å². The summed E-state index contributed by atoms with van der Waals surface area (Å²) in [6, 6.07) is 16.1. The summed E-state index contributed by atoms with van der Waals surface area (Å²) in [5, 5.41) is 7.09. The topological polar surface area (TPSA) is 48.1 Å². The average molecular weight is 345 g/mol. The molecule has 2 aromatic carbocycles. The molecule has 120 valence electrons. The molecule has 0 aromatic heterocycles. The molecule has 0 amide bonds. The summed E-state index contributed by atoms with van der Waals surface area (Å²) in [4.78, 5) is 0. The molecule has 0 aliphatic carbocycles. The third-order valence-electron chi connectivity index (χ3n) is 3.19. The van der Waals surface area contributed by atoms with Crippen LogP contribution in [0.5, 0.6) is 0 Å². The van der Waals surface area contributed by atoms with Crippen LogP contribution in [0.1, 0.15) is 18.1 Å². The molecule has 0 spiro atoms. The third-order valence-corrected chi connectivity index (χ3v) is 3.60. The van der Waals surface area contributed by atoms with E-state index in [0.717, 1.165) is 17.8 Å². The molecule has 0 radical (unpaired) electrons. The fourth-order valence-corrected chi connectivity index (χ4v) is 2.28. The van der Waals surface area contributed by atoms with E-state index in [2.05, 4.69) is 40.5 Å². The second-order valence-electron chi connectivity index (χ2n) is 5.08. The maximum atomic E-state index is 5.24. The Bertz CT molecular complexity index is 683. The molecule has 0 saturated carbocycles. The van der Waals surface area contributed by atoms with Crippen LogP contribution in [0.2, 0.25) is 0 Å². The fourth-order valence-electron chi connectivity index (χ4n) is 1.94. The molecule has 0 aliphatic rings. The zero-order chi connectivity index (χ0) is 16.7. The van der Waals surface area contributed by atoms with Crippen LogP contribution in [0, 0.1) is 6.92 Å². The molecule has 0 aliphatic heterocycles. The van der Waals surface area contributed by atoms with E-state index in [1.165, 1.54) is 11.1 Å². The van der Waals surface area contributed by atoms with Crippen molar-refractivity contribution in [1.82, 2.24) is 10.9 Å². The largest absolute Gasteiger partial charge is 0.331 e. The first-order valence-corrected chi connectivity index (χ1v) is 8.18. The normalized spacial score (nSPS) is 9.83. The number of thiocarbonyl (C=S) groups is 2. The van der Waals surface area contributed by atoms with Gasteiger partial charge in [-0.25, -0.2) is 0 Å². The minimum absolute atomic E-state index is 0.445. The molecule has 0 unspecified atom stereocenters. The number of benzene rings is 2. The summed E-state index contributed by atoms with van der Waals surface area (Å²) in [6.45, 7) is 4.16. The van der Waals surface area contributed by atoms with Crippen molar-refractivity contribution >= 4 is 46.0 Å². The number of rotatable bonds is 3. The Kier molecular flexibility index (Phi) is 6.31. The molecular formula is C17H20N4S2. The van der Waals surface area contributed by atoms with Crippen LogP contribution in [0.25, 0.3) is 0 Å². The number of hydrazine groups is 1. The molecule has 23 heavy (non-hydrogen) atoms. The molecule has 2 aromatic rings. The van der Waals surface area contributed by atoms with E-state index in [0.29, 0.717) is 10.2 Å². The third kappa shape index (κ3) is 5.84. The van der Waals surface area contributed by atoms with Crippen LogP contribution < -0.4 is 21.5 Å². The lowest BCUT2D eigenvalue weighted by Gasteiger charge is -2.14. The minimum Gasteiger partial charge on any atom is -0.331 e. The van der Waals surface area contributed by atoms with Crippen molar-refractivity contribution < 1.29 is 0 Å². The lowest BCUT2D eigenvalue weighted by Crippen LogP contribution is -2.45. The summed E-state index contributed by atoms with van der Waals surface area (Å²) >= 11 is 10.5. The van der Waals surface area contributed by atoms with Crippen molar-refractivity contribution in [2.75, 3.05) is 10.6 Å². The van der Waals surface area contributed by atoms with Gasteiger partial charge in [0.15, 0.2) is 10.2 Å². The van der Waals surface area contributed by atoms with Crippen LogP contribution in [0.15, 0.2) is 48.5 Å². The lowest BCUT2D eigenvalue weighted by molar-refractivity contribution is 0.885. The summed E-state index contributed by atoms with van der Waals surface area (Å²) in [5.41, 5.74) is 10.0. The monoisotopic (exact) mass is 344 g/mol. The maximum Gasteiger partial charge on any atom is 0.189 e. The van der Waals surface area contributed by atoms with E-state index >= 15 is 0 Å². The minimum atomic E-state index is 0.445. The van der Waals surface area contributed by atoms with Gasteiger partial charge in [-0.05, 0) is 67.6 Å². The summed E-state index contributed by atoms with van der Waals surface area (Å²) in [5.74, 6) is 0. The van der Waals surface area contributed by atoms with Gasteiger partial charge in [0.2, 0.25) is 0 Å². The van der Waals surface area contributed by atoms with Gasteiger partial charge in [0.1, 0.15) is 0 Å². The van der Waals surface area contributed by atoms with Crippen molar-refractivity contribution in [3.8, 4) is 0 Å².